The maximum atomic E-state index is 12.2. The van der Waals surface area contributed by atoms with Crippen molar-refractivity contribution in [1.82, 2.24) is 5.32 Å². The summed E-state index contributed by atoms with van der Waals surface area (Å²) in [5.41, 5.74) is 3.73. The number of esters is 2. The van der Waals surface area contributed by atoms with E-state index < -0.39 is 17.7 Å². The number of nitriles is 1. The van der Waals surface area contributed by atoms with Crippen molar-refractivity contribution in [3.63, 3.8) is 0 Å². The van der Waals surface area contributed by atoms with Crippen LogP contribution in [0, 0.1) is 11.3 Å². The number of fused-ring (bicyclic) bond motifs is 2. The number of nitrogens with one attached hydrogen (secondary N) is 2. The van der Waals surface area contributed by atoms with Gasteiger partial charge in [-0.2, -0.15) is 5.26 Å². The molecule has 0 bridgehead atoms. The molecule has 1 atom stereocenters. The Bertz CT molecular complexity index is 1040. The van der Waals surface area contributed by atoms with E-state index in [4.69, 9.17) is 26.3 Å². The van der Waals surface area contributed by atoms with Gasteiger partial charge in [0.1, 0.15) is 0 Å². The lowest BCUT2D eigenvalue weighted by Crippen LogP contribution is -2.43. The second kappa shape index (κ2) is 8.58. The van der Waals surface area contributed by atoms with Gasteiger partial charge in [0.15, 0.2) is 0 Å². The number of rotatable bonds is 3. The topological polar surface area (TPSA) is 100 Å². The third-order valence-corrected chi connectivity index (χ3v) is 5.89. The molecule has 2 heterocycles. The van der Waals surface area contributed by atoms with Crippen LogP contribution in [0.2, 0.25) is 5.02 Å². The minimum atomic E-state index is -1.52. The summed E-state index contributed by atoms with van der Waals surface area (Å²) >= 11 is 6.57. The summed E-state index contributed by atoms with van der Waals surface area (Å²) in [7, 11) is 0. The second-order valence-electron chi connectivity index (χ2n) is 7.68. The second-order valence-corrected chi connectivity index (χ2v) is 8.08. The fourth-order valence-electron chi connectivity index (χ4n) is 3.98. The molecule has 2 aromatic carbocycles. The molecule has 8 heteroatoms. The maximum absolute atomic E-state index is 12.2. The zero-order chi connectivity index (χ0) is 22.0. The molecule has 31 heavy (non-hydrogen) atoms. The van der Waals surface area contributed by atoms with Crippen molar-refractivity contribution in [3.05, 3.63) is 63.7 Å². The molecule has 2 aliphatic rings. The molecule has 1 unspecified atom stereocenters. The van der Waals surface area contributed by atoms with Crippen molar-refractivity contribution in [2.24, 2.45) is 0 Å². The number of anilines is 1. The van der Waals surface area contributed by atoms with Crippen molar-refractivity contribution in [1.29, 1.82) is 5.26 Å². The largest absolute Gasteiger partial charge is 0.416 e. The number of nitrogens with zero attached hydrogens (tertiary/aromatic N) is 1. The van der Waals surface area contributed by atoms with Crippen LogP contribution in [0.3, 0.4) is 0 Å². The van der Waals surface area contributed by atoms with Crippen LogP contribution < -0.4 is 10.6 Å². The van der Waals surface area contributed by atoms with Gasteiger partial charge >= 0.3 is 11.9 Å². The first kappa shape index (κ1) is 21.2. The first-order valence-electron chi connectivity index (χ1n) is 10.1. The molecule has 0 aromatic heterocycles. The molecule has 1 spiro atoms. The van der Waals surface area contributed by atoms with Crippen LogP contribution in [0.4, 0.5) is 5.69 Å². The Morgan fingerprint density at radius 2 is 1.77 bits per heavy atom. The van der Waals surface area contributed by atoms with Crippen LogP contribution in [0.15, 0.2) is 36.4 Å². The van der Waals surface area contributed by atoms with Crippen LogP contribution in [-0.2, 0) is 31.3 Å². The standard InChI is InChI=1S/C23H22ClN3O4/c1-14(16-4-2-15(12-25)3-5-16)27-22-17-10-11-26-13-23(18(17)6-7-19(22)24)30-20(28)8-9-21(29)31-23/h2-7,14,26-27H,8-11,13H2,1H3. The average molecular weight is 440 g/mol. The Balaban J connectivity index is 1.74. The highest BCUT2D eigenvalue weighted by molar-refractivity contribution is 6.33. The van der Waals surface area contributed by atoms with Gasteiger partial charge in [0.2, 0.25) is 0 Å². The summed E-state index contributed by atoms with van der Waals surface area (Å²) in [6.45, 7) is 2.77. The van der Waals surface area contributed by atoms with Crippen LogP contribution in [0.1, 0.15) is 48.1 Å². The van der Waals surface area contributed by atoms with Gasteiger partial charge in [0.05, 0.1) is 41.7 Å². The number of hydrogen-bond donors (Lipinski definition) is 2. The maximum Gasteiger partial charge on any atom is 0.309 e. The van der Waals surface area contributed by atoms with Crippen molar-refractivity contribution in [2.75, 3.05) is 18.4 Å². The summed E-state index contributed by atoms with van der Waals surface area (Å²) in [5, 5.41) is 16.2. The number of hydrogen-bond acceptors (Lipinski definition) is 7. The minimum Gasteiger partial charge on any atom is -0.416 e. The molecule has 1 fully saturated rings. The van der Waals surface area contributed by atoms with Crippen molar-refractivity contribution < 1.29 is 19.1 Å². The summed E-state index contributed by atoms with van der Waals surface area (Å²) in [6, 6.07) is 12.8. The number of benzene rings is 2. The summed E-state index contributed by atoms with van der Waals surface area (Å²) in [4.78, 5) is 24.5. The third-order valence-electron chi connectivity index (χ3n) is 5.57. The van der Waals surface area contributed by atoms with Crippen LogP contribution >= 0.6 is 11.6 Å². The monoisotopic (exact) mass is 439 g/mol. The third kappa shape index (κ3) is 4.22. The zero-order valence-electron chi connectivity index (χ0n) is 17.0. The Kier molecular flexibility index (Phi) is 5.86. The number of halogens is 1. The molecule has 2 aliphatic heterocycles. The number of carbonyl (C=O) groups is 2. The first-order valence-corrected chi connectivity index (χ1v) is 10.5. The molecule has 4 rings (SSSR count). The number of ether oxygens (including phenoxy) is 2. The molecule has 1 saturated heterocycles. The van der Waals surface area contributed by atoms with Gasteiger partial charge in [-0.15, -0.1) is 0 Å². The zero-order valence-corrected chi connectivity index (χ0v) is 17.8. The average Bonchev–Trinajstić information content (AvgIpc) is 3.02. The molecule has 0 aliphatic carbocycles. The van der Waals surface area contributed by atoms with E-state index in [1.54, 1.807) is 24.3 Å². The highest BCUT2D eigenvalue weighted by Gasteiger charge is 2.46. The van der Waals surface area contributed by atoms with Crippen LogP contribution in [0.25, 0.3) is 0 Å². The van der Waals surface area contributed by atoms with E-state index in [0.29, 0.717) is 34.8 Å². The van der Waals surface area contributed by atoms with Gasteiger partial charge < -0.3 is 20.1 Å². The fourth-order valence-corrected chi connectivity index (χ4v) is 4.21. The molecule has 2 aromatic rings. The molecule has 7 nitrogen and oxygen atoms in total. The molecular weight excluding hydrogens is 418 g/mol. The van der Waals surface area contributed by atoms with E-state index in [0.717, 1.165) is 11.1 Å². The van der Waals surface area contributed by atoms with Crippen LogP contribution in [-0.4, -0.2) is 25.0 Å². The Labute approximate surface area is 185 Å². The van der Waals surface area contributed by atoms with E-state index >= 15 is 0 Å². The fraction of sp³-hybridized carbons (Fsp3) is 0.348. The first-order chi connectivity index (χ1) is 14.9. The normalized spacial score (nSPS) is 18.6. The Morgan fingerprint density at radius 1 is 1.10 bits per heavy atom. The van der Waals surface area contributed by atoms with Gasteiger partial charge in [-0.05, 0) is 55.3 Å². The van der Waals surface area contributed by atoms with E-state index in [1.165, 1.54) is 0 Å². The van der Waals surface area contributed by atoms with Gasteiger partial charge in [-0.3, -0.25) is 9.59 Å². The summed E-state index contributed by atoms with van der Waals surface area (Å²) < 4.78 is 11.4. The van der Waals surface area contributed by atoms with Crippen molar-refractivity contribution >= 4 is 29.2 Å². The van der Waals surface area contributed by atoms with E-state index in [9.17, 15) is 9.59 Å². The SMILES string of the molecule is CC(Nc1c(Cl)ccc2c1CCNCC21OC(=O)CCC(=O)O1)c1ccc(C#N)cc1. The predicted molar refractivity (Wildman–Crippen MR) is 114 cm³/mol. The smallest absolute Gasteiger partial charge is 0.309 e. The van der Waals surface area contributed by atoms with Gasteiger partial charge in [-0.25, -0.2) is 0 Å². The lowest BCUT2D eigenvalue weighted by molar-refractivity contribution is -0.225. The van der Waals surface area contributed by atoms with Crippen molar-refractivity contribution in [3.8, 4) is 6.07 Å². The Morgan fingerprint density at radius 3 is 2.42 bits per heavy atom. The van der Waals surface area contributed by atoms with Gasteiger partial charge in [-0.1, -0.05) is 23.7 Å². The lowest BCUT2D eigenvalue weighted by Gasteiger charge is -2.32. The van der Waals surface area contributed by atoms with E-state index in [-0.39, 0.29) is 25.4 Å². The molecule has 0 saturated carbocycles. The predicted octanol–water partition coefficient (Wildman–Crippen LogP) is 3.56. The highest BCUT2D eigenvalue weighted by atomic mass is 35.5. The minimum absolute atomic E-state index is 0.00958. The van der Waals surface area contributed by atoms with Gasteiger partial charge in [0.25, 0.3) is 5.79 Å². The van der Waals surface area contributed by atoms with E-state index in [1.807, 2.05) is 19.1 Å². The van der Waals surface area contributed by atoms with Crippen LogP contribution in [0.5, 0.6) is 0 Å². The molecular formula is C23H22ClN3O4. The molecule has 0 radical (unpaired) electrons. The molecule has 0 amide bonds. The quantitative estimate of drug-likeness (QED) is 0.705. The number of carbonyl (C=O) groups excluding carboxylic acids is 2. The molecule has 160 valence electrons. The lowest BCUT2D eigenvalue weighted by atomic mass is 9.95. The van der Waals surface area contributed by atoms with Gasteiger partial charge in [0, 0.05) is 11.6 Å². The summed E-state index contributed by atoms with van der Waals surface area (Å²) in [5.74, 6) is -2.47. The Hall–Kier alpha value is -3.08. The highest BCUT2D eigenvalue weighted by Crippen LogP contribution is 2.41. The van der Waals surface area contributed by atoms with E-state index in [2.05, 4.69) is 16.7 Å². The molecule has 2 N–H and O–H groups in total. The summed E-state index contributed by atoms with van der Waals surface area (Å²) in [6.07, 6.45) is 0.587. The van der Waals surface area contributed by atoms with Crippen molar-refractivity contribution in [2.45, 2.75) is 38.0 Å².